The van der Waals surface area contributed by atoms with Crippen molar-refractivity contribution in [3.8, 4) is 0 Å². The lowest BCUT2D eigenvalue weighted by Crippen LogP contribution is -2.38. The molecular formula is C14H15ClF2N2O. The molecule has 0 spiro atoms. The standard InChI is InChI=1S/C14H15ClF2N2O/c1-7-10-5-18-4-8(10)6-19(7)14(20)9-2-13(17)11(15)3-12(9)16/h2-3,7-8,10,18H,4-6H2,1H3. The van der Waals surface area contributed by atoms with Gasteiger partial charge in [-0.15, -0.1) is 0 Å². The zero-order valence-corrected chi connectivity index (χ0v) is 11.8. The summed E-state index contributed by atoms with van der Waals surface area (Å²) in [5, 5.41) is 2.98. The van der Waals surface area contributed by atoms with Crippen LogP contribution in [0.3, 0.4) is 0 Å². The molecule has 1 N–H and O–H groups in total. The molecule has 0 bridgehead atoms. The van der Waals surface area contributed by atoms with E-state index in [1.54, 1.807) is 4.90 Å². The van der Waals surface area contributed by atoms with E-state index in [-0.39, 0.29) is 16.6 Å². The molecule has 108 valence electrons. The average Bonchev–Trinajstić information content (AvgIpc) is 2.97. The topological polar surface area (TPSA) is 32.3 Å². The zero-order valence-electron chi connectivity index (χ0n) is 11.0. The van der Waals surface area contributed by atoms with Crippen molar-refractivity contribution >= 4 is 17.5 Å². The maximum absolute atomic E-state index is 13.8. The van der Waals surface area contributed by atoms with Crippen molar-refractivity contribution in [2.24, 2.45) is 11.8 Å². The van der Waals surface area contributed by atoms with E-state index in [1.165, 1.54) is 0 Å². The Labute approximate surface area is 120 Å². The third kappa shape index (κ3) is 2.09. The second-order valence-electron chi connectivity index (χ2n) is 5.53. The summed E-state index contributed by atoms with van der Waals surface area (Å²) in [5.41, 5.74) is -0.244. The molecule has 2 saturated heterocycles. The highest BCUT2D eigenvalue weighted by atomic mass is 35.5. The first-order chi connectivity index (χ1) is 9.49. The number of benzene rings is 1. The van der Waals surface area contributed by atoms with E-state index in [0.29, 0.717) is 18.4 Å². The first-order valence-electron chi connectivity index (χ1n) is 6.65. The highest BCUT2D eigenvalue weighted by molar-refractivity contribution is 6.30. The Bertz CT molecular complexity index is 566. The first-order valence-corrected chi connectivity index (χ1v) is 7.03. The van der Waals surface area contributed by atoms with Gasteiger partial charge < -0.3 is 10.2 Å². The quantitative estimate of drug-likeness (QED) is 0.807. The second kappa shape index (κ2) is 4.97. The molecule has 1 aromatic rings. The molecule has 2 aliphatic heterocycles. The minimum atomic E-state index is -0.774. The summed E-state index contributed by atoms with van der Waals surface area (Å²) in [6.07, 6.45) is 0. The lowest BCUT2D eigenvalue weighted by Gasteiger charge is -2.24. The number of nitrogens with one attached hydrogen (secondary N) is 1. The van der Waals surface area contributed by atoms with Crippen molar-refractivity contribution in [2.75, 3.05) is 19.6 Å². The van der Waals surface area contributed by atoms with Crippen LogP contribution < -0.4 is 5.32 Å². The van der Waals surface area contributed by atoms with Gasteiger partial charge in [0.2, 0.25) is 0 Å². The van der Waals surface area contributed by atoms with E-state index in [4.69, 9.17) is 11.6 Å². The molecule has 3 atom stereocenters. The van der Waals surface area contributed by atoms with Gasteiger partial charge in [0.1, 0.15) is 11.6 Å². The van der Waals surface area contributed by atoms with E-state index < -0.39 is 17.5 Å². The number of fused-ring (bicyclic) bond motifs is 1. The maximum atomic E-state index is 13.8. The van der Waals surface area contributed by atoms with Gasteiger partial charge in [0.05, 0.1) is 10.6 Å². The fraction of sp³-hybridized carbons (Fsp3) is 0.500. The van der Waals surface area contributed by atoms with Gasteiger partial charge in [0.25, 0.3) is 5.91 Å². The largest absolute Gasteiger partial charge is 0.335 e. The number of amides is 1. The van der Waals surface area contributed by atoms with Crippen molar-refractivity contribution in [1.29, 1.82) is 0 Å². The molecular weight excluding hydrogens is 286 g/mol. The molecule has 1 amide bonds. The molecule has 0 aliphatic carbocycles. The highest BCUT2D eigenvalue weighted by Crippen LogP contribution is 2.33. The van der Waals surface area contributed by atoms with Crippen molar-refractivity contribution in [3.63, 3.8) is 0 Å². The smallest absolute Gasteiger partial charge is 0.257 e. The molecule has 3 rings (SSSR count). The van der Waals surface area contributed by atoms with Crippen LogP contribution in [0.2, 0.25) is 5.02 Å². The zero-order chi connectivity index (χ0) is 14.4. The molecule has 2 fully saturated rings. The Morgan fingerprint density at radius 1 is 1.35 bits per heavy atom. The Morgan fingerprint density at radius 3 is 2.80 bits per heavy atom. The summed E-state index contributed by atoms with van der Waals surface area (Å²) >= 11 is 5.51. The molecule has 2 aliphatic rings. The molecule has 0 aromatic heterocycles. The molecule has 3 nitrogen and oxygen atoms in total. The van der Waals surface area contributed by atoms with Gasteiger partial charge >= 0.3 is 0 Å². The van der Waals surface area contributed by atoms with E-state index >= 15 is 0 Å². The number of carbonyl (C=O) groups is 1. The van der Waals surface area contributed by atoms with E-state index in [1.807, 2.05) is 6.92 Å². The van der Waals surface area contributed by atoms with E-state index in [2.05, 4.69) is 5.32 Å². The molecule has 2 heterocycles. The second-order valence-corrected chi connectivity index (χ2v) is 5.93. The van der Waals surface area contributed by atoms with Crippen LogP contribution in [0, 0.1) is 23.5 Å². The van der Waals surface area contributed by atoms with Gasteiger partial charge in [-0.25, -0.2) is 8.78 Å². The predicted molar refractivity (Wildman–Crippen MR) is 71.7 cm³/mol. The fourth-order valence-corrected chi connectivity index (χ4v) is 3.43. The summed E-state index contributed by atoms with van der Waals surface area (Å²) in [4.78, 5) is 14.1. The van der Waals surface area contributed by atoms with E-state index in [0.717, 1.165) is 25.2 Å². The van der Waals surface area contributed by atoms with E-state index in [9.17, 15) is 13.6 Å². The third-order valence-corrected chi connectivity index (χ3v) is 4.73. The summed E-state index contributed by atoms with van der Waals surface area (Å²) in [6.45, 7) is 4.28. The van der Waals surface area contributed by atoms with Crippen LogP contribution in [0.5, 0.6) is 0 Å². The van der Waals surface area contributed by atoms with Gasteiger partial charge in [-0.05, 0) is 30.9 Å². The van der Waals surface area contributed by atoms with Crippen LogP contribution in [0.1, 0.15) is 17.3 Å². The van der Waals surface area contributed by atoms with Crippen molar-refractivity contribution in [3.05, 3.63) is 34.4 Å². The number of nitrogens with zero attached hydrogens (tertiary/aromatic N) is 1. The summed E-state index contributed by atoms with van der Waals surface area (Å²) in [6, 6.07) is 1.77. The fourth-order valence-electron chi connectivity index (χ4n) is 3.28. The minimum Gasteiger partial charge on any atom is -0.335 e. The number of rotatable bonds is 1. The highest BCUT2D eigenvalue weighted by Gasteiger charge is 2.44. The molecule has 6 heteroatoms. The minimum absolute atomic E-state index is 0.0284. The van der Waals surface area contributed by atoms with Gasteiger partial charge in [-0.1, -0.05) is 11.6 Å². The van der Waals surface area contributed by atoms with Crippen LogP contribution in [0.4, 0.5) is 8.78 Å². The third-order valence-electron chi connectivity index (χ3n) is 4.44. The van der Waals surface area contributed by atoms with Crippen LogP contribution in [0.25, 0.3) is 0 Å². The predicted octanol–water partition coefficient (Wildman–Crippen LogP) is 2.30. The van der Waals surface area contributed by atoms with Gasteiger partial charge in [-0.2, -0.15) is 0 Å². The van der Waals surface area contributed by atoms with Crippen LogP contribution in [-0.4, -0.2) is 36.5 Å². The number of halogens is 3. The Balaban J connectivity index is 1.88. The first kappa shape index (κ1) is 13.8. The Hall–Kier alpha value is -1.20. The number of hydrogen-bond acceptors (Lipinski definition) is 2. The lowest BCUT2D eigenvalue weighted by molar-refractivity contribution is 0.0723. The molecule has 0 saturated carbocycles. The summed E-state index contributed by atoms with van der Waals surface area (Å²) in [7, 11) is 0. The van der Waals surface area contributed by atoms with Crippen molar-refractivity contribution < 1.29 is 13.6 Å². The molecule has 1 aromatic carbocycles. The number of carbonyl (C=O) groups excluding carboxylic acids is 1. The SMILES string of the molecule is CC1C2CNCC2CN1C(=O)c1cc(F)c(Cl)cc1F. The van der Waals surface area contributed by atoms with Gasteiger partial charge in [0.15, 0.2) is 0 Å². The summed E-state index contributed by atoms with van der Waals surface area (Å²) in [5.74, 6) is -1.22. The van der Waals surface area contributed by atoms with Crippen LogP contribution >= 0.6 is 11.6 Å². The lowest BCUT2D eigenvalue weighted by atomic mass is 9.95. The number of hydrogen-bond donors (Lipinski definition) is 1. The van der Waals surface area contributed by atoms with Crippen molar-refractivity contribution in [2.45, 2.75) is 13.0 Å². The summed E-state index contributed by atoms with van der Waals surface area (Å²) < 4.78 is 27.3. The maximum Gasteiger partial charge on any atom is 0.257 e. The van der Waals surface area contributed by atoms with Gasteiger partial charge in [0, 0.05) is 25.7 Å². The van der Waals surface area contributed by atoms with Crippen LogP contribution in [-0.2, 0) is 0 Å². The average molecular weight is 301 g/mol. The Morgan fingerprint density at radius 2 is 2.10 bits per heavy atom. The number of likely N-dealkylation sites (tertiary alicyclic amines) is 1. The van der Waals surface area contributed by atoms with Crippen molar-refractivity contribution in [1.82, 2.24) is 10.2 Å². The Kier molecular flexibility index (Phi) is 3.42. The molecule has 20 heavy (non-hydrogen) atoms. The van der Waals surface area contributed by atoms with Gasteiger partial charge in [-0.3, -0.25) is 4.79 Å². The molecule has 0 radical (unpaired) electrons. The normalized spacial score (nSPS) is 28.8. The molecule has 3 unspecified atom stereocenters. The monoisotopic (exact) mass is 300 g/mol. The van der Waals surface area contributed by atoms with Crippen LogP contribution in [0.15, 0.2) is 12.1 Å².